The summed E-state index contributed by atoms with van der Waals surface area (Å²) in [5.41, 5.74) is 1.78. The highest BCUT2D eigenvalue weighted by atomic mass is 16.7. The Labute approximate surface area is 142 Å². The number of likely N-dealkylation sites (N-methyl/N-ethyl adjacent to an activating group) is 1. The van der Waals surface area contributed by atoms with Crippen molar-refractivity contribution in [2.24, 2.45) is 5.16 Å². The summed E-state index contributed by atoms with van der Waals surface area (Å²) in [4.78, 5) is 19.0. The Bertz CT molecular complexity index is 648. The number of oxime groups is 1. The van der Waals surface area contributed by atoms with Gasteiger partial charge in [-0.25, -0.2) is 0 Å². The Morgan fingerprint density at radius 1 is 1.29 bits per heavy atom. The molecule has 6 nitrogen and oxygen atoms in total. The van der Waals surface area contributed by atoms with Crippen molar-refractivity contribution in [1.82, 2.24) is 4.90 Å². The number of carbonyl (C=O) groups is 1. The molecule has 1 saturated carbocycles. The molecule has 24 heavy (non-hydrogen) atoms. The first-order chi connectivity index (χ1) is 11.5. The lowest BCUT2D eigenvalue weighted by molar-refractivity contribution is -0.130. The van der Waals surface area contributed by atoms with E-state index in [2.05, 4.69) is 5.16 Å². The number of amides is 1. The second-order valence-corrected chi connectivity index (χ2v) is 6.64. The lowest BCUT2D eigenvalue weighted by atomic mass is 9.93. The number of benzene rings is 1. The molecular weight excluding hydrogens is 308 g/mol. The number of hydrogen-bond acceptors (Lipinski definition) is 5. The van der Waals surface area contributed by atoms with E-state index in [-0.39, 0.29) is 18.1 Å². The molecule has 1 aromatic rings. The molecule has 1 fully saturated rings. The van der Waals surface area contributed by atoms with Crippen LogP contribution in [0.2, 0.25) is 0 Å². The van der Waals surface area contributed by atoms with Crippen LogP contribution in [0.1, 0.15) is 37.7 Å². The van der Waals surface area contributed by atoms with Gasteiger partial charge in [0.2, 0.25) is 0 Å². The van der Waals surface area contributed by atoms with Crippen LogP contribution in [0.3, 0.4) is 0 Å². The Kier molecular flexibility index (Phi) is 4.64. The van der Waals surface area contributed by atoms with Crippen LogP contribution in [0.15, 0.2) is 23.4 Å². The highest BCUT2D eigenvalue weighted by molar-refractivity contribution is 6.02. The molecule has 1 spiro atoms. The van der Waals surface area contributed by atoms with Crippen molar-refractivity contribution < 1.29 is 19.1 Å². The fraction of sp³-hybridized carbons (Fsp3) is 0.556. The third kappa shape index (κ3) is 3.32. The number of carbonyl (C=O) groups excluding carboxylic acids is 1. The zero-order valence-electron chi connectivity index (χ0n) is 14.5. The Hall–Kier alpha value is -2.24. The first kappa shape index (κ1) is 16.6. The summed E-state index contributed by atoms with van der Waals surface area (Å²) in [5.74, 6) is 1.04. The van der Waals surface area contributed by atoms with Crippen molar-refractivity contribution >= 4 is 11.6 Å². The molecule has 0 bridgehead atoms. The molecule has 6 heteroatoms. The van der Waals surface area contributed by atoms with E-state index in [1.165, 1.54) is 17.7 Å². The fourth-order valence-corrected chi connectivity index (χ4v) is 3.20. The summed E-state index contributed by atoms with van der Waals surface area (Å²) in [6, 6.07) is 5.67. The quantitative estimate of drug-likeness (QED) is 0.831. The van der Waals surface area contributed by atoms with Crippen LogP contribution >= 0.6 is 0 Å². The van der Waals surface area contributed by atoms with Crippen LogP contribution in [0.4, 0.5) is 0 Å². The van der Waals surface area contributed by atoms with E-state index in [9.17, 15) is 4.79 Å². The third-order valence-corrected chi connectivity index (χ3v) is 4.70. The van der Waals surface area contributed by atoms with Crippen LogP contribution in [-0.4, -0.2) is 49.9 Å². The van der Waals surface area contributed by atoms with Gasteiger partial charge >= 0.3 is 0 Å². The SMILES string of the molecule is COc1ccc(C2=NOC3(CCCC3)C2)cc1OCC(=O)N(C)C. The molecule has 1 aliphatic heterocycles. The molecule has 3 rings (SSSR count). The molecule has 0 N–H and O–H groups in total. The molecule has 0 radical (unpaired) electrons. The standard InChI is InChI=1S/C18H24N2O4/c1-20(2)17(21)12-23-16-10-13(6-7-15(16)22-3)14-11-18(24-19-14)8-4-5-9-18/h6-7,10H,4-5,8-9,11-12H2,1-3H3. The lowest BCUT2D eigenvalue weighted by Crippen LogP contribution is -2.27. The first-order valence-corrected chi connectivity index (χ1v) is 8.29. The molecule has 0 atom stereocenters. The molecule has 0 saturated heterocycles. The predicted octanol–water partition coefficient (Wildman–Crippen LogP) is 2.60. The first-order valence-electron chi connectivity index (χ1n) is 8.29. The van der Waals surface area contributed by atoms with Gasteiger partial charge < -0.3 is 19.2 Å². The van der Waals surface area contributed by atoms with Gasteiger partial charge in [-0.1, -0.05) is 5.16 Å². The van der Waals surface area contributed by atoms with Crippen molar-refractivity contribution in [3.63, 3.8) is 0 Å². The fourth-order valence-electron chi connectivity index (χ4n) is 3.20. The normalized spacial score (nSPS) is 18.2. The maximum absolute atomic E-state index is 11.7. The molecule has 0 unspecified atom stereocenters. The number of ether oxygens (including phenoxy) is 2. The van der Waals surface area contributed by atoms with Crippen LogP contribution in [0.5, 0.6) is 11.5 Å². The maximum atomic E-state index is 11.7. The van der Waals surface area contributed by atoms with Crippen LogP contribution in [0.25, 0.3) is 0 Å². The number of rotatable bonds is 5. The summed E-state index contributed by atoms with van der Waals surface area (Å²) in [6.07, 6.45) is 5.36. The van der Waals surface area contributed by atoms with Gasteiger partial charge in [-0.3, -0.25) is 4.79 Å². The van der Waals surface area contributed by atoms with Crippen molar-refractivity contribution in [3.05, 3.63) is 23.8 Å². The Morgan fingerprint density at radius 3 is 2.71 bits per heavy atom. The highest BCUT2D eigenvalue weighted by Gasteiger charge is 2.42. The van der Waals surface area contributed by atoms with Gasteiger partial charge in [-0.05, 0) is 43.9 Å². The molecule has 2 aliphatic rings. The van der Waals surface area contributed by atoms with E-state index >= 15 is 0 Å². The van der Waals surface area contributed by atoms with E-state index in [4.69, 9.17) is 14.3 Å². The van der Waals surface area contributed by atoms with Gasteiger partial charge in [0.05, 0.1) is 12.8 Å². The average molecular weight is 332 g/mol. The van der Waals surface area contributed by atoms with E-state index < -0.39 is 0 Å². The molecule has 130 valence electrons. The second kappa shape index (κ2) is 6.71. The molecule has 1 heterocycles. The minimum Gasteiger partial charge on any atom is -0.493 e. The minimum absolute atomic E-state index is 0.0280. The van der Waals surface area contributed by atoms with Crippen molar-refractivity contribution in [3.8, 4) is 11.5 Å². The van der Waals surface area contributed by atoms with Crippen LogP contribution in [0, 0.1) is 0 Å². The summed E-state index contributed by atoms with van der Waals surface area (Å²) in [6.45, 7) is -0.0280. The third-order valence-electron chi connectivity index (χ3n) is 4.70. The topological polar surface area (TPSA) is 60.4 Å². The Balaban J connectivity index is 1.75. The van der Waals surface area contributed by atoms with Gasteiger partial charge in [-0.15, -0.1) is 0 Å². The van der Waals surface area contributed by atoms with Crippen molar-refractivity contribution in [2.75, 3.05) is 27.8 Å². The summed E-state index contributed by atoms with van der Waals surface area (Å²) >= 11 is 0. The molecule has 0 aromatic heterocycles. The highest BCUT2D eigenvalue weighted by Crippen LogP contribution is 2.41. The second-order valence-electron chi connectivity index (χ2n) is 6.64. The molecule has 1 aliphatic carbocycles. The van der Waals surface area contributed by atoms with Gasteiger partial charge in [-0.2, -0.15) is 0 Å². The van der Waals surface area contributed by atoms with Crippen molar-refractivity contribution in [2.45, 2.75) is 37.7 Å². The summed E-state index contributed by atoms with van der Waals surface area (Å²) in [5, 5.41) is 4.31. The van der Waals surface area contributed by atoms with Crippen LogP contribution < -0.4 is 9.47 Å². The lowest BCUT2D eigenvalue weighted by Gasteiger charge is -2.19. The average Bonchev–Trinajstić information content (AvgIpc) is 3.22. The van der Waals surface area contributed by atoms with E-state index in [0.717, 1.165) is 30.5 Å². The van der Waals surface area contributed by atoms with Crippen molar-refractivity contribution in [1.29, 1.82) is 0 Å². The van der Waals surface area contributed by atoms with Gasteiger partial charge in [0, 0.05) is 26.1 Å². The monoisotopic (exact) mass is 332 g/mol. The molecule has 1 amide bonds. The zero-order chi connectivity index (χ0) is 17.2. The summed E-state index contributed by atoms with van der Waals surface area (Å²) < 4.78 is 11.0. The summed E-state index contributed by atoms with van der Waals surface area (Å²) in [7, 11) is 4.98. The smallest absolute Gasteiger partial charge is 0.259 e. The predicted molar refractivity (Wildman–Crippen MR) is 90.6 cm³/mol. The number of methoxy groups -OCH3 is 1. The zero-order valence-corrected chi connectivity index (χ0v) is 14.5. The molecule has 1 aromatic carbocycles. The molecular formula is C18H24N2O4. The van der Waals surface area contributed by atoms with Gasteiger partial charge in [0.1, 0.15) is 5.60 Å². The van der Waals surface area contributed by atoms with Gasteiger partial charge in [0.15, 0.2) is 18.1 Å². The Morgan fingerprint density at radius 2 is 2.04 bits per heavy atom. The van der Waals surface area contributed by atoms with E-state index in [1.54, 1.807) is 21.2 Å². The largest absolute Gasteiger partial charge is 0.493 e. The van der Waals surface area contributed by atoms with E-state index in [0.29, 0.717) is 11.5 Å². The minimum atomic E-state index is -0.103. The van der Waals surface area contributed by atoms with Crippen LogP contribution in [-0.2, 0) is 9.63 Å². The maximum Gasteiger partial charge on any atom is 0.259 e. The van der Waals surface area contributed by atoms with E-state index in [1.807, 2.05) is 18.2 Å². The van der Waals surface area contributed by atoms with Gasteiger partial charge in [0.25, 0.3) is 5.91 Å². The number of nitrogens with zero attached hydrogens (tertiary/aromatic N) is 2. The number of hydrogen-bond donors (Lipinski definition) is 0.